The zero-order valence-corrected chi connectivity index (χ0v) is 14.2. The van der Waals surface area contributed by atoms with Gasteiger partial charge in [-0.15, -0.1) is 0 Å². The van der Waals surface area contributed by atoms with Crippen LogP contribution in [0.3, 0.4) is 0 Å². The standard InChI is InChI=1S/C17H31NO4/c1-17(2,3)22-16(20)18-10-9-13(12-18)15(19)8-4-6-14-7-5-11-21-14/h13-15,19H,4-12H2,1-3H3. The van der Waals surface area contributed by atoms with E-state index in [-0.39, 0.29) is 18.1 Å². The molecule has 0 bridgehead atoms. The lowest BCUT2D eigenvalue weighted by Gasteiger charge is -2.25. The maximum Gasteiger partial charge on any atom is 0.410 e. The van der Waals surface area contributed by atoms with Crippen LogP contribution < -0.4 is 0 Å². The molecule has 1 amide bonds. The Balaban J connectivity index is 1.66. The second-order valence-corrected chi connectivity index (χ2v) is 7.61. The summed E-state index contributed by atoms with van der Waals surface area (Å²) in [5, 5.41) is 10.3. The first-order valence-electron chi connectivity index (χ1n) is 8.63. The lowest BCUT2D eigenvalue weighted by molar-refractivity contribution is 0.0264. The van der Waals surface area contributed by atoms with E-state index in [0.29, 0.717) is 19.2 Å². The zero-order chi connectivity index (χ0) is 16.2. The van der Waals surface area contributed by atoms with Crippen molar-refractivity contribution in [2.75, 3.05) is 19.7 Å². The molecule has 0 aromatic rings. The molecular formula is C17H31NO4. The van der Waals surface area contributed by atoms with Crippen molar-refractivity contribution in [2.45, 2.75) is 77.1 Å². The van der Waals surface area contributed by atoms with Gasteiger partial charge < -0.3 is 19.5 Å². The van der Waals surface area contributed by atoms with E-state index in [4.69, 9.17) is 9.47 Å². The summed E-state index contributed by atoms with van der Waals surface area (Å²) in [5.74, 6) is 0.178. The summed E-state index contributed by atoms with van der Waals surface area (Å²) < 4.78 is 11.0. The monoisotopic (exact) mass is 313 g/mol. The molecule has 0 aromatic carbocycles. The number of carbonyl (C=O) groups excluding carboxylic acids is 1. The SMILES string of the molecule is CC(C)(C)OC(=O)N1CCC(C(O)CCCC2CCCO2)C1. The first-order chi connectivity index (χ1) is 10.3. The maximum absolute atomic E-state index is 12.0. The van der Waals surface area contributed by atoms with Gasteiger partial charge in [-0.25, -0.2) is 4.79 Å². The fourth-order valence-corrected chi connectivity index (χ4v) is 3.26. The molecule has 5 heteroatoms. The van der Waals surface area contributed by atoms with Crippen molar-refractivity contribution in [2.24, 2.45) is 5.92 Å². The Bertz CT molecular complexity index is 360. The van der Waals surface area contributed by atoms with E-state index >= 15 is 0 Å². The van der Waals surface area contributed by atoms with Gasteiger partial charge in [0, 0.05) is 25.6 Å². The van der Waals surface area contributed by atoms with Crippen molar-refractivity contribution in [3.8, 4) is 0 Å². The molecule has 0 radical (unpaired) electrons. The number of carbonyl (C=O) groups is 1. The Morgan fingerprint density at radius 1 is 1.41 bits per heavy atom. The summed E-state index contributed by atoms with van der Waals surface area (Å²) in [7, 11) is 0. The predicted molar refractivity (Wildman–Crippen MR) is 84.7 cm³/mol. The molecular weight excluding hydrogens is 282 g/mol. The number of hydrogen-bond donors (Lipinski definition) is 1. The normalized spacial score (nSPS) is 27.2. The molecule has 0 aliphatic carbocycles. The van der Waals surface area contributed by atoms with Crippen molar-refractivity contribution in [3.05, 3.63) is 0 Å². The van der Waals surface area contributed by atoms with E-state index in [1.54, 1.807) is 4.90 Å². The van der Waals surface area contributed by atoms with Crippen molar-refractivity contribution < 1.29 is 19.4 Å². The quantitative estimate of drug-likeness (QED) is 0.848. The lowest BCUT2D eigenvalue weighted by atomic mass is 9.96. The van der Waals surface area contributed by atoms with Gasteiger partial charge in [0.15, 0.2) is 0 Å². The lowest BCUT2D eigenvalue weighted by Crippen LogP contribution is -2.36. The third kappa shape index (κ3) is 5.43. The minimum absolute atomic E-state index is 0.178. The Labute approximate surface area is 134 Å². The first-order valence-corrected chi connectivity index (χ1v) is 8.63. The summed E-state index contributed by atoms with van der Waals surface area (Å²) in [6.07, 6.45) is 5.83. The van der Waals surface area contributed by atoms with Gasteiger partial charge in [0.2, 0.25) is 0 Å². The molecule has 5 nitrogen and oxygen atoms in total. The van der Waals surface area contributed by atoms with Crippen molar-refractivity contribution >= 4 is 6.09 Å². The van der Waals surface area contributed by atoms with Crippen LogP contribution in [-0.4, -0.2) is 53.6 Å². The fourth-order valence-electron chi connectivity index (χ4n) is 3.26. The molecule has 2 aliphatic heterocycles. The molecule has 3 unspecified atom stereocenters. The van der Waals surface area contributed by atoms with Gasteiger partial charge in [0.05, 0.1) is 12.2 Å². The molecule has 0 aromatic heterocycles. The second kappa shape index (κ2) is 7.64. The molecule has 2 fully saturated rings. The molecule has 0 spiro atoms. The Hall–Kier alpha value is -0.810. The summed E-state index contributed by atoms with van der Waals surface area (Å²) in [6.45, 7) is 7.80. The number of hydrogen-bond acceptors (Lipinski definition) is 4. The van der Waals surface area contributed by atoms with E-state index in [0.717, 1.165) is 38.7 Å². The summed E-state index contributed by atoms with van der Waals surface area (Å²) in [4.78, 5) is 13.7. The number of rotatable bonds is 5. The second-order valence-electron chi connectivity index (χ2n) is 7.61. The van der Waals surface area contributed by atoms with Gasteiger partial charge in [-0.05, 0) is 59.3 Å². The number of ether oxygens (including phenoxy) is 2. The predicted octanol–water partition coefficient (Wildman–Crippen LogP) is 2.95. The van der Waals surface area contributed by atoms with Gasteiger partial charge in [-0.1, -0.05) is 0 Å². The minimum atomic E-state index is -0.463. The minimum Gasteiger partial charge on any atom is -0.444 e. The van der Waals surface area contributed by atoms with Crippen molar-refractivity contribution in [1.82, 2.24) is 4.90 Å². The molecule has 2 saturated heterocycles. The smallest absolute Gasteiger partial charge is 0.410 e. The number of likely N-dealkylation sites (tertiary alicyclic amines) is 1. The highest BCUT2D eigenvalue weighted by molar-refractivity contribution is 5.68. The van der Waals surface area contributed by atoms with E-state index in [1.807, 2.05) is 20.8 Å². The van der Waals surface area contributed by atoms with Crippen molar-refractivity contribution in [1.29, 1.82) is 0 Å². The van der Waals surface area contributed by atoms with E-state index in [9.17, 15) is 9.90 Å². The van der Waals surface area contributed by atoms with Gasteiger partial charge >= 0.3 is 6.09 Å². The molecule has 22 heavy (non-hydrogen) atoms. The highest BCUT2D eigenvalue weighted by Crippen LogP contribution is 2.25. The zero-order valence-electron chi connectivity index (χ0n) is 14.2. The molecule has 1 N–H and O–H groups in total. The van der Waals surface area contributed by atoms with Gasteiger partial charge in [0.25, 0.3) is 0 Å². The van der Waals surface area contributed by atoms with Gasteiger partial charge in [-0.2, -0.15) is 0 Å². The molecule has 2 rings (SSSR count). The third-order valence-electron chi connectivity index (χ3n) is 4.47. The van der Waals surface area contributed by atoms with Gasteiger partial charge in [-0.3, -0.25) is 0 Å². The number of aliphatic hydroxyl groups excluding tert-OH is 1. The highest BCUT2D eigenvalue weighted by Gasteiger charge is 2.33. The molecule has 128 valence electrons. The largest absolute Gasteiger partial charge is 0.444 e. The number of amides is 1. The number of nitrogens with zero attached hydrogens (tertiary/aromatic N) is 1. The van der Waals surface area contributed by atoms with E-state index in [2.05, 4.69) is 0 Å². The van der Waals surface area contributed by atoms with Crippen LogP contribution in [0.5, 0.6) is 0 Å². The fraction of sp³-hybridized carbons (Fsp3) is 0.941. The molecule has 2 heterocycles. The Morgan fingerprint density at radius 3 is 2.82 bits per heavy atom. The van der Waals surface area contributed by atoms with Crippen LogP contribution in [0.25, 0.3) is 0 Å². The van der Waals surface area contributed by atoms with Crippen LogP contribution in [0.1, 0.15) is 59.3 Å². The van der Waals surface area contributed by atoms with E-state index < -0.39 is 5.60 Å². The summed E-state index contributed by atoms with van der Waals surface area (Å²) >= 11 is 0. The molecule has 2 aliphatic rings. The van der Waals surface area contributed by atoms with Crippen LogP contribution in [0.15, 0.2) is 0 Å². The maximum atomic E-state index is 12.0. The van der Waals surface area contributed by atoms with Gasteiger partial charge in [0.1, 0.15) is 5.60 Å². The highest BCUT2D eigenvalue weighted by atomic mass is 16.6. The van der Waals surface area contributed by atoms with Crippen LogP contribution in [-0.2, 0) is 9.47 Å². The van der Waals surface area contributed by atoms with Crippen LogP contribution >= 0.6 is 0 Å². The number of aliphatic hydroxyl groups is 1. The Kier molecular flexibility index (Phi) is 6.09. The summed E-state index contributed by atoms with van der Waals surface area (Å²) in [6, 6.07) is 0. The average molecular weight is 313 g/mol. The van der Waals surface area contributed by atoms with Crippen LogP contribution in [0, 0.1) is 5.92 Å². The first kappa shape index (κ1) is 17.5. The Morgan fingerprint density at radius 2 is 2.18 bits per heavy atom. The van der Waals surface area contributed by atoms with Crippen molar-refractivity contribution in [3.63, 3.8) is 0 Å². The molecule has 0 saturated carbocycles. The topological polar surface area (TPSA) is 59.0 Å². The van der Waals surface area contributed by atoms with E-state index in [1.165, 1.54) is 6.42 Å². The van der Waals surface area contributed by atoms with Crippen LogP contribution in [0.4, 0.5) is 4.79 Å². The third-order valence-corrected chi connectivity index (χ3v) is 4.47. The van der Waals surface area contributed by atoms with Crippen LogP contribution in [0.2, 0.25) is 0 Å². The average Bonchev–Trinajstić information content (AvgIpc) is 3.08. The summed E-state index contributed by atoms with van der Waals surface area (Å²) in [5.41, 5.74) is -0.463. The molecule has 3 atom stereocenters.